The maximum atomic E-state index is 12.9. The Morgan fingerprint density at radius 2 is 1.74 bits per heavy atom. The first-order valence-electron chi connectivity index (χ1n) is 7.43. The van der Waals surface area contributed by atoms with Gasteiger partial charge in [-0.1, -0.05) is 25.1 Å². The molecule has 0 aliphatic carbocycles. The third-order valence-corrected chi connectivity index (χ3v) is 3.07. The number of ether oxygens (including phenoxy) is 3. The Balaban J connectivity index is 1.64. The first kappa shape index (κ1) is 16.8. The van der Waals surface area contributed by atoms with Gasteiger partial charge in [-0.3, -0.25) is 0 Å². The molecule has 23 heavy (non-hydrogen) atoms. The molecular formula is C18H19FO4. The molecule has 0 unspecified atom stereocenters. The molecule has 0 radical (unpaired) electrons. The molecule has 0 aromatic heterocycles. The second-order valence-corrected chi connectivity index (χ2v) is 4.82. The quantitative estimate of drug-likeness (QED) is 0.553. The summed E-state index contributed by atoms with van der Waals surface area (Å²) in [5.74, 6) is 0.0877. The lowest BCUT2D eigenvalue weighted by molar-refractivity contribution is -0.146. The van der Waals surface area contributed by atoms with Crippen LogP contribution in [0.15, 0.2) is 48.5 Å². The lowest BCUT2D eigenvalue weighted by Gasteiger charge is -2.09. The maximum Gasteiger partial charge on any atom is 0.344 e. The molecule has 4 nitrogen and oxygen atoms in total. The third kappa shape index (κ3) is 5.98. The van der Waals surface area contributed by atoms with Crippen molar-refractivity contribution < 1.29 is 23.4 Å². The van der Waals surface area contributed by atoms with Crippen molar-refractivity contribution in [3.8, 4) is 11.5 Å². The first-order chi connectivity index (χ1) is 11.2. The van der Waals surface area contributed by atoms with Crippen LogP contribution in [0.25, 0.3) is 0 Å². The lowest BCUT2D eigenvalue weighted by atomic mass is 10.2. The van der Waals surface area contributed by atoms with E-state index in [0.29, 0.717) is 0 Å². The van der Waals surface area contributed by atoms with Gasteiger partial charge < -0.3 is 14.2 Å². The molecule has 0 bridgehead atoms. The number of aryl methyl sites for hydroxylation is 1. The van der Waals surface area contributed by atoms with Crippen LogP contribution < -0.4 is 9.47 Å². The zero-order chi connectivity index (χ0) is 16.5. The summed E-state index contributed by atoms with van der Waals surface area (Å²) in [6.07, 6.45) is 0.934. The van der Waals surface area contributed by atoms with Crippen molar-refractivity contribution in [3.63, 3.8) is 0 Å². The van der Waals surface area contributed by atoms with Crippen LogP contribution in [0.5, 0.6) is 11.5 Å². The summed E-state index contributed by atoms with van der Waals surface area (Å²) in [5, 5.41) is 0. The van der Waals surface area contributed by atoms with E-state index in [1.54, 1.807) is 6.07 Å². The van der Waals surface area contributed by atoms with Crippen LogP contribution in [0.1, 0.15) is 12.5 Å². The Hall–Kier alpha value is -2.56. The van der Waals surface area contributed by atoms with E-state index in [-0.39, 0.29) is 25.6 Å². The average Bonchev–Trinajstić information content (AvgIpc) is 2.57. The summed E-state index contributed by atoms with van der Waals surface area (Å²) in [7, 11) is 0. The molecule has 0 aliphatic rings. The Kier molecular flexibility index (Phi) is 6.41. The van der Waals surface area contributed by atoms with E-state index in [0.717, 1.165) is 12.2 Å². The highest BCUT2D eigenvalue weighted by Gasteiger charge is 2.05. The molecule has 0 saturated heterocycles. The molecule has 122 valence electrons. The third-order valence-electron chi connectivity index (χ3n) is 3.07. The number of esters is 1. The number of rotatable bonds is 8. The lowest BCUT2D eigenvalue weighted by Crippen LogP contribution is -2.18. The fraction of sp³-hybridized carbons (Fsp3) is 0.278. The molecule has 0 aliphatic heterocycles. The smallest absolute Gasteiger partial charge is 0.344 e. The fourth-order valence-corrected chi connectivity index (χ4v) is 1.91. The van der Waals surface area contributed by atoms with Gasteiger partial charge in [0.25, 0.3) is 0 Å². The van der Waals surface area contributed by atoms with Gasteiger partial charge in [0.15, 0.2) is 6.61 Å². The van der Waals surface area contributed by atoms with E-state index in [2.05, 4.69) is 6.92 Å². The van der Waals surface area contributed by atoms with Gasteiger partial charge in [-0.2, -0.15) is 0 Å². The van der Waals surface area contributed by atoms with Gasteiger partial charge in [0.1, 0.15) is 30.5 Å². The second-order valence-electron chi connectivity index (χ2n) is 4.82. The highest BCUT2D eigenvalue weighted by atomic mass is 19.1. The first-order valence-corrected chi connectivity index (χ1v) is 7.43. The topological polar surface area (TPSA) is 44.8 Å². The zero-order valence-corrected chi connectivity index (χ0v) is 13.0. The molecular weight excluding hydrogens is 299 g/mol. The van der Waals surface area contributed by atoms with Crippen molar-refractivity contribution >= 4 is 5.97 Å². The van der Waals surface area contributed by atoms with Gasteiger partial charge in [0.05, 0.1) is 0 Å². The predicted octanol–water partition coefficient (Wildman–Crippen LogP) is 3.39. The molecule has 0 heterocycles. The molecule has 5 heteroatoms. The highest BCUT2D eigenvalue weighted by molar-refractivity contribution is 5.71. The number of hydrogen-bond donors (Lipinski definition) is 0. The molecule has 0 atom stereocenters. The number of hydrogen-bond acceptors (Lipinski definition) is 4. The van der Waals surface area contributed by atoms with Gasteiger partial charge in [0.2, 0.25) is 0 Å². The van der Waals surface area contributed by atoms with E-state index in [1.165, 1.54) is 23.8 Å². The molecule has 2 rings (SSSR count). The fourth-order valence-electron chi connectivity index (χ4n) is 1.91. The van der Waals surface area contributed by atoms with E-state index in [9.17, 15) is 9.18 Å². The predicted molar refractivity (Wildman–Crippen MR) is 84.2 cm³/mol. The Morgan fingerprint density at radius 1 is 1.00 bits per heavy atom. The van der Waals surface area contributed by atoms with Crippen molar-refractivity contribution in [1.82, 2.24) is 0 Å². The van der Waals surface area contributed by atoms with Crippen LogP contribution in [-0.2, 0) is 16.0 Å². The van der Waals surface area contributed by atoms with Crippen LogP contribution in [0.3, 0.4) is 0 Å². The van der Waals surface area contributed by atoms with Gasteiger partial charge >= 0.3 is 5.97 Å². The molecule has 2 aromatic rings. The van der Waals surface area contributed by atoms with E-state index in [1.807, 2.05) is 24.3 Å². The van der Waals surface area contributed by atoms with Gasteiger partial charge in [0, 0.05) is 6.07 Å². The van der Waals surface area contributed by atoms with Crippen molar-refractivity contribution in [2.24, 2.45) is 0 Å². The molecule has 0 saturated carbocycles. The monoisotopic (exact) mass is 318 g/mol. The molecule has 0 amide bonds. The van der Waals surface area contributed by atoms with Crippen LogP contribution in [0.4, 0.5) is 4.39 Å². The van der Waals surface area contributed by atoms with E-state index >= 15 is 0 Å². The van der Waals surface area contributed by atoms with Crippen molar-refractivity contribution in [3.05, 3.63) is 59.9 Å². The Labute approximate surface area is 134 Å². The van der Waals surface area contributed by atoms with Crippen molar-refractivity contribution in [2.45, 2.75) is 13.3 Å². The number of benzene rings is 2. The summed E-state index contributed by atoms with van der Waals surface area (Å²) >= 11 is 0. The minimum absolute atomic E-state index is 0.127. The standard InChI is InChI=1S/C18H19FO4/c1-2-14-5-3-7-16(11-14)21-9-10-22-18(20)13-23-17-8-4-6-15(19)12-17/h3-8,11-12H,2,9-10,13H2,1H3. The molecule has 0 spiro atoms. The molecule has 0 N–H and O–H groups in total. The largest absolute Gasteiger partial charge is 0.490 e. The summed E-state index contributed by atoms with van der Waals surface area (Å²) in [6, 6.07) is 13.3. The van der Waals surface area contributed by atoms with Crippen LogP contribution in [-0.4, -0.2) is 25.8 Å². The molecule has 0 fully saturated rings. The summed E-state index contributed by atoms with van der Waals surface area (Å²) in [6.45, 7) is 2.19. The highest BCUT2D eigenvalue weighted by Crippen LogP contribution is 2.13. The zero-order valence-electron chi connectivity index (χ0n) is 13.0. The summed E-state index contributed by atoms with van der Waals surface area (Å²) in [4.78, 5) is 11.5. The SMILES string of the molecule is CCc1cccc(OCCOC(=O)COc2cccc(F)c2)c1. The number of halogens is 1. The number of carbonyl (C=O) groups is 1. The maximum absolute atomic E-state index is 12.9. The minimum atomic E-state index is -0.528. The van der Waals surface area contributed by atoms with Gasteiger partial charge in [-0.05, 0) is 36.2 Å². The van der Waals surface area contributed by atoms with E-state index in [4.69, 9.17) is 14.2 Å². The van der Waals surface area contributed by atoms with Crippen LogP contribution in [0.2, 0.25) is 0 Å². The van der Waals surface area contributed by atoms with Crippen LogP contribution in [0, 0.1) is 5.82 Å². The Bertz CT molecular complexity index is 642. The van der Waals surface area contributed by atoms with Crippen molar-refractivity contribution in [2.75, 3.05) is 19.8 Å². The summed E-state index contributed by atoms with van der Waals surface area (Å²) < 4.78 is 28.6. The van der Waals surface area contributed by atoms with Gasteiger partial charge in [-0.15, -0.1) is 0 Å². The minimum Gasteiger partial charge on any atom is -0.490 e. The average molecular weight is 318 g/mol. The van der Waals surface area contributed by atoms with Crippen LogP contribution >= 0.6 is 0 Å². The van der Waals surface area contributed by atoms with Crippen molar-refractivity contribution in [1.29, 1.82) is 0 Å². The second kappa shape index (κ2) is 8.78. The van der Waals surface area contributed by atoms with E-state index < -0.39 is 11.8 Å². The Morgan fingerprint density at radius 3 is 2.48 bits per heavy atom. The number of carbonyl (C=O) groups excluding carboxylic acids is 1. The molecule has 2 aromatic carbocycles. The van der Waals surface area contributed by atoms with Gasteiger partial charge in [-0.25, -0.2) is 9.18 Å². The summed E-state index contributed by atoms with van der Waals surface area (Å²) in [5.41, 5.74) is 1.18. The normalized spacial score (nSPS) is 10.2.